The van der Waals surface area contributed by atoms with Gasteiger partial charge in [0.2, 0.25) is 0 Å². The maximum absolute atomic E-state index is 5.13. The number of nitrogens with one attached hydrogen (secondary N) is 1. The van der Waals surface area contributed by atoms with Crippen LogP contribution in [0.1, 0.15) is 29.9 Å². The maximum atomic E-state index is 5.13. The summed E-state index contributed by atoms with van der Waals surface area (Å²) in [5, 5.41) is 8.91. The van der Waals surface area contributed by atoms with Gasteiger partial charge in [-0.25, -0.2) is 0 Å². The van der Waals surface area contributed by atoms with Gasteiger partial charge in [-0.3, -0.25) is 0 Å². The number of aryl methyl sites for hydroxylation is 1. The van der Waals surface area contributed by atoms with Crippen molar-refractivity contribution < 1.29 is 4.52 Å². The van der Waals surface area contributed by atoms with Gasteiger partial charge in [0.05, 0.1) is 6.54 Å². The second-order valence-electron chi connectivity index (χ2n) is 5.92. The van der Waals surface area contributed by atoms with Crippen LogP contribution in [0.15, 0.2) is 41.1 Å². The fraction of sp³-hybridized carbons (Fsp3) is 0.353. The molecule has 4 nitrogen and oxygen atoms in total. The van der Waals surface area contributed by atoms with Crippen LogP contribution >= 0.6 is 0 Å². The molecule has 21 heavy (non-hydrogen) atoms. The van der Waals surface area contributed by atoms with E-state index >= 15 is 0 Å². The van der Waals surface area contributed by atoms with Crippen LogP contribution < -0.4 is 5.32 Å². The van der Waals surface area contributed by atoms with Gasteiger partial charge in [0.15, 0.2) is 0 Å². The van der Waals surface area contributed by atoms with Crippen LogP contribution in [0.5, 0.6) is 0 Å². The summed E-state index contributed by atoms with van der Waals surface area (Å²) in [6.07, 6.45) is 4.78. The monoisotopic (exact) mass is 281 g/mol. The molecule has 4 heteroatoms. The van der Waals surface area contributed by atoms with Crippen molar-refractivity contribution in [2.45, 2.75) is 38.9 Å². The molecule has 0 saturated heterocycles. The average Bonchev–Trinajstić information content (AvgIpc) is 3.11. The van der Waals surface area contributed by atoms with Crippen molar-refractivity contribution in [3.05, 3.63) is 53.5 Å². The zero-order chi connectivity index (χ0) is 14.2. The van der Waals surface area contributed by atoms with Gasteiger partial charge < -0.3 is 14.4 Å². The van der Waals surface area contributed by atoms with Gasteiger partial charge in [-0.15, -0.1) is 0 Å². The Balaban J connectivity index is 1.56. The molecule has 2 heterocycles. The molecule has 1 fully saturated rings. The molecule has 1 aromatic carbocycles. The van der Waals surface area contributed by atoms with Crippen molar-refractivity contribution in [1.29, 1.82) is 0 Å². The number of aromatic nitrogens is 2. The minimum atomic E-state index is 0.751. The number of benzene rings is 1. The van der Waals surface area contributed by atoms with Crippen molar-refractivity contribution in [2.24, 2.45) is 0 Å². The van der Waals surface area contributed by atoms with Crippen LogP contribution in [0.3, 0.4) is 0 Å². The molecule has 0 unspecified atom stereocenters. The van der Waals surface area contributed by atoms with Gasteiger partial charge >= 0.3 is 0 Å². The molecule has 1 aliphatic rings. The molecule has 0 spiro atoms. The van der Waals surface area contributed by atoms with E-state index in [9.17, 15) is 0 Å². The van der Waals surface area contributed by atoms with E-state index in [1.165, 1.54) is 29.3 Å². The first-order valence-electron chi connectivity index (χ1n) is 7.51. The first-order valence-corrected chi connectivity index (χ1v) is 7.51. The molecule has 0 radical (unpaired) electrons. The predicted molar refractivity (Wildman–Crippen MR) is 82.1 cm³/mol. The molecular weight excluding hydrogens is 262 g/mol. The fourth-order valence-corrected chi connectivity index (χ4v) is 2.71. The van der Waals surface area contributed by atoms with Gasteiger partial charge in [-0.05, 0) is 48.9 Å². The third kappa shape index (κ3) is 2.72. The van der Waals surface area contributed by atoms with Gasteiger partial charge in [0.1, 0.15) is 11.5 Å². The zero-order valence-corrected chi connectivity index (χ0v) is 12.2. The Morgan fingerprint density at radius 3 is 2.95 bits per heavy atom. The van der Waals surface area contributed by atoms with E-state index in [4.69, 9.17) is 4.52 Å². The van der Waals surface area contributed by atoms with Crippen molar-refractivity contribution in [1.82, 2.24) is 15.0 Å². The summed E-state index contributed by atoms with van der Waals surface area (Å²) in [4.78, 5) is 0. The molecule has 0 bridgehead atoms. The normalized spacial score (nSPS) is 14.9. The fourth-order valence-electron chi connectivity index (χ4n) is 2.71. The summed E-state index contributed by atoms with van der Waals surface area (Å²) in [6.45, 7) is 3.64. The minimum Gasteiger partial charge on any atom is -0.361 e. The standard InChI is InChI=1S/C17H19N3O/c1-12-8-16(19-21-12)11-20-7-6-14-9-13(2-5-17(14)20)10-18-15-3-4-15/h2,5-9,15,18H,3-4,10-11H2,1H3. The van der Waals surface area contributed by atoms with Crippen LogP contribution in [0.4, 0.5) is 0 Å². The van der Waals surface area contributed by atoms with Crippen molar-refractivity contribution in [2.75, 3.05) is 0 Å². The van der Waals surface area contributed by atoms with Gasteiger partial charge in [0.25, 0.3) is 0 Å². The first kappa shape index (κ1) is 12.7. The number of fused-ring (bicyclic) bond motifs is 1. The maximum Gasteiger partial charge on any atom is 0.133 e. The SMILES string of the molecule is Cc1cc(Cn2ccc3cc(CNC4CC4)ccc32)no1. The minimum absolute atomic E-state index is 0.751. The van der Waals surface area contributed by atoms with Gasteiger partial charge in [0, 0.05) is 30.4 Å². The lowest BCUT2D eigenvalue weighted by Gasteiger charge is -2.05. The second kappa shape index (κ2) is 5.04. The van der Waals surface area contributed by atoms with Crippen LogP contribution in [-0.4, -0.2) is 15.8 Å². The lowest BCUT2D eigenvalue weighted by Crippen LogP contribution is -2.15. The van der Waals surface area contributed by atoms with Crippen molar-refractivity contribution in [3.8, 4) is 0 Å². The number of nitrogens with zero attached hydrogens (tertiary/aromatic N) is 2. The molecule has 1 saturated carbocycles. The lowest BCUT2D eigenvalue weighted by molar-refractivity contribution is 0.389. The van der Waals surface area contributed by atoms with Crippen LogP contribution in [0.25, 0.3) is 10.9 Å². The summed E-state index contributed by atoms with van der Waals surface area (Å²) < 4.78 is 7.35. The summed E-state index contributed by atoms with van der Waals surface area (Å²) in [7, 11) is 0. The van der Waals surface area contributed by atoms with E-state index in [2.05, 4.69) is 45.5 Å². The number of hydrogen-bond acceptors (Lipinski definition) is 3. The van der Waals surface area contributed by atoms with E-state index in [1.54, 1.807) is 0 Å². The molecular formula is C17H19N3O. The van der Waals surface area contributed by atoms with Gasteiger partial charge in [-0.1, -0.05) is 11.2 Å². The Labute approximate surface area is 123 Å². The van der Waals surface area contributed by atoms with Crippen LogP contribution in [-0.2, 0) is 13.1 Å². The molecule has 1 aliphatic carbocycles. The highest BCUT2D eigenvalue weighted by molar-refractivity contribution is 5.81. The summed E-state index contributed by atoms with van der Waals surface area (Å²) in [5.74, 6) is 0.856. The highest BCUT2D eigenvalue weighted by Gasteiger charge is 2.19. The molecule has 108 valence electrons. The van der Waals surface area contributed by atoms with E-state index in [1.807, 2.05) is 13.0 Å². The Bertz CT molecular complexity index is 767. The van der Waals surface area contributed by atoms with Crippen molar-refractivity contribution >= 4 is 10.9 Å². The smallest absolute Gasteiger partial charge is 0.133 e. The predicted octanol–water partition coefficient (Wildman–Crippen LogP) is 3.24. The van der Waals surface area contributed by atoms with E-state index in [0.29, 0.717) is 0 Å². The quantitative estimate of drug-likeness (QED) is 0.780. The molecule has 0 amide bonds. The van der Waals surface area contributed by atoms with Crippen LogP contribution in [0.2, 0.25) is 0 Å². The highest BCUT2D eigenvalue weighted by atomic mass is 16.5. The van der Waals surface area contributed by atoms with E-state index in [0.717, 1.165) is 30.6 Å². The second-order valence-corrected chi connectivity index (χ2v) is 5.92. The number of hydrogen-bond donors (Lipinski definition) is 1. The van der Waals surface area contributed by atoms with Crippen LogP contribution in [0, 0.1) is 6.92 Å². The number of rotatable bonds is 5. The van der Waals surface area contributed by atoms with E-state index in [-0.39, 0.29) is 0 Å². The zero-order valence-electron chi connectivity index (χ0n) is 12.2. The topological polar surface area (TPSA) is 43.0 Å². The summed E-state index contributed by atoms with van der Waals surface area (Å²) in [5.41, 5.74) is 3.56. The third-order valence-corrected chi connectivity index (χ3v) is 4.02. The third-order valence-electron chi connectivity index (χ3n) is 4.02. The molecule has 0 atom stereocenters. The Morgan fingerprint density at radius 2 is 2.19 bits per heavy atom. The molecule has 4 rings (SSSR count). The lowest BCUT2D eigenvalue weighted by atomic mass is 10.1. The average molecular weight is 281 g/mol. The Hall–Kier alpha value is -2.07. The van der Waals surface area contributed by atoms with Crippen molar-refractivity contribution in [3.63, 3.8) is 0 Å². The van der Waals surface area contributed by atoms with Gasteiger partial charge in [-0.2, -0.15) is 0 Å². The summed E-state index contributed by atoms with van der Waals surface area (Å²) in [6, 6.07) is 11.6. The highest BCUT2D eigenvalue weighted by Crippen LogP contribution is 2.22. The summed E-state index contributed by atoms with van der Waals surface area (Å²) >= 11 is 0. The first-order chi connectivity index (χ1) is 10.3. The molecule has 3 aromatic rings. The Kier molecular flexibility index (Phi) is 3.04. The largest absolute Gasteiger partial charge is 0.361 e. The molecule has 2 aromatic heterocycles. The molecule has 1 N–H and O–H groups in total. The molecule has 0 aliphatic heterocycles. The Morgan fingerprint density at radius 1 is 1.29 bits per heavy atom. The van der Waals surface area contributed by atoms with E-state index < -0.39 is 0 Å².